The molecular weight excluding hydrogens is 260 g/mol. The maximum absolute atomic E-state index is 11.4. The van der Waals surface area contributed by atoms with Crippen LogP contribution >= 0.6 is 0 Å². The third kappa shape index (κ3) is 5.86. The fourth-order valence-corrected chi connectivity index (χ4v) is 1.76. The number of rotatable bonds is 9. The first-order valence-corrected chi connectivity index (χ1v) is 7.02. The molecule has 1 aromatic heterocycles. The first kappa shape index (κ1) is 16.2. The van der Waals surface area contributed by atoms with Gasteiger partial charge >= 0.3 is 11.9 Å². The smallest absolute Gasteiger partial charge is 0.341 e. The van der Waals surface area contributed by atoms with Crippen molar-refractivity contribution in [3.63, 3.8) is 0 Å². The van der Waals surface area contributed by atoms with Crippen LogP contribution in [0.2, 0.25) is 0 Å². The number of hydrogen-bond donors (Lipinski definition) is 0. The van der Waals surface area contributed by atoms with Crippen molar-refractivity contribution >= 4 is 11.9 Å². The molecule has 0 bridgehead atoms. The zero-order chi connectivity index (χ0) is 14.8. The summed E-state index contributed by atoms with van der Waals surface area (Å²) >= 11 is 0. The van der Waals surface area contributed by atoms with E-state index < -0.39 is 0 Å². The summed E-state index contributed by atoms with van der Waals surface area (Å²) in [5.74, 6) is -0.489. The first-order valence-electron chi connectivity index (χ1n) is 7.02. The number of unbranched alkanes of at least 4 members (excludes halogenated alkanes) is 2. The number of carbonyl (C=O) groups excluding carboxylic acids is 2. The van der Waals surface area contributed by atoms with E-state index in [0.29, 0.717) is 25.2 Å². The molecule has 0 aliphatic carbocycles. The monoisotopic (exact) mass is 282 g/mol. The van der Waals surface area contributed by atoms with Crippen molar-refractivity contribution in [1.29, 1.82) is 0 Å². The average Bonchev–Trinajstić information content (AvgIpc) is 2.88. The minimum atomic E-state index is -0.346. The maximum Gasteiger partial charge on any atom is 0.341 e. The van der Waals surface area contributed by atoms with Gasteiger partial charge in [0.15, 0.2) is 0 Å². The molecule has 0 N–H and O–H groups in total. The van der Waals surface area contributed by atoms with Gasteiger partial charge in [0.1, 0.15) is 0 Å². The van der Waals surface area contributed by atoms with Crippen LogP contribution < -0.4 is 0 Å². The molecule has 112 valence electrons. The van der Waals surface area contributed by atoms with Crippen LogP contribution in [0.5, 0.6) is 0 Å². The summed E-state index contributed by atoms with van der Waals surface area (Å²) in [6.07, 6.45) is 6.29. The predicted octanol–water partition coefficient (Wildman–Crippen LogP) is 2.18. The van der Waals surface area contributed by atoms with Crippen LogP contribution in [-0.4, -0.2) is 34.9 Å². The summed E-state index contributed by atoms with van der Waals surface area (Å²) in [5.41, 5.74) is 0.471. The number of carbonyl (C=O) groups is 2. The Morgan fingerprint density at radius 1 is 1.15 bits per heavy atom. The highest BCUT2D eigenvalue weighted by molar-refractivity contribution is 5.88. The molecule has 6 nitrogen and oxygen atoms in total. The normalized spacial score (nSPS) is 10.3. The molecular formula is C14H22N2O4. The third-order valence-corrected chi connectivity index (χ3v) is 2.72. The van der Waals surface area contributed by atoms with Gasteiger partial charge in [-0.15, -0.1) is 0 Å². The summed E-state index contributed by atoms with van der Waals surface area (Å²) < 4.78 is 11.5. The zero-order valence-corrected chi connectivity index (χ0v) is 12.1. The molecule has 1 heterocycles. The van der Waals surface area contributed by atoms with Gasteiger partial charge < -0.3 is 9.47 Å². The fraction of sp³-hybridized carbons (Fsp3) is 0.643. The predicted molar refractivity (Wildman–Crippen MR) is 73.3 cm³/mol. The highest BCUT2D eigenvalue weighted by atomic mass is 16.5. The molecule has 1 rings (SSSR count). The summed E-state index contributed by atoms with van der Waals surface area (Å²) in [6, 6.07) is 0. The molecule has 0 saturated heterocycles. The number of esters is 2. The Morgan fingerprint density at radius 2 is 1.90 bits per heavy atom. The van der Waals surface area contributed by atoms with Crippen LogP contribution in [0.3, 0.4) is 0 Å². The van der Waals surface area contributed by atoms with Crippen molar-refractivity contribution in [2.24, 2.45) is 0 Å². The minimum Gasteiger partial charge on any atom is -0.466 e. The van der Waals surface area contributed by atoms with E-state index in [1.165, 1.54) is 6.20 Å². The molecule has 6 heteroatoms. The molecule has 0 fully saturated rings. The van der Waals surface area contributed by atoms with E-state index in [4.69, 9.17) is 9.47 Å². The Morgan fingerprint density at radius 3 is 2.60 bits per heavy atom. The maximum atomic E-state index is 11.4. The second kappa shape index (κ2) is 9.12. The van der Waals surface area contributed by atoms with Crippen molar-refractivity contribution in [3.05, 3.63) is 18.0 Å². The molecule has 0 unspecified atom stereocenters. The van der Waals surface area contributed by atoms with E-state index in [-0.39, 0.29) is 11.9 Å². The molecule has 0 spiro atoms. The number of aromatic nitrogens is 2. The van der Waals surface area contributed by atoms with E-state index in [2.05, 4.69) is 5.10 Å². The van der Waals surface area contributed by atoms with Crippen LogP contribution in [-0.2, 0) is 20.8 Å². The number of aryl methyl sites for hydroxylation is 1. The van der Waals surface area contributed by atoms with Crippen LogP contribution in [0.4, 0.5) is 0 Å². The lowest BCUT2D eigenvalue weighted by Crippen LogP contribution is -2.04. The number of hydrogen-bond acceptors (Lipinski definition) is 5. The van der Waals surface area contributed by atoms with Crippen LogP contribution in [0.1, 0.15) is 49.9 Å². The van der Waals surface area contributed by atoms with Crippen molar-refractivity contribution in [2.75, 3.05) is 13.2 Å². The van der Waals surface area contributed by atoms with Gasteiger partial charge in [-0.1, -0.05) is 6.42 Å². The molecule has 0 aliphatic heterocycles. The van der Waals surface area contributed by atoms with Crippen LogP contribution in [0, 0.1) is 0 Å². The number of ether oxygens (including phenoxy) is 2. The van der Waals surface area contributed by atoms with E-state index >= 15 is 0 Å². The second-order valence-electron chi connectivity index (χ2n) is 4.33. The van der Waals surface area contributed by atoms with Gasteiger partial charge in [0, 0.05) is 19.2 Å². The van der Waals surface area contributed by atoms with Gasteiger partial charge in [0.2, 0.25) is 0 Å². The highest BCUT2D eigenvalue weighted by Gasteiger charge is 2.09. The Labute approximate surface area is 119 Å². The van der Waals surface area contributed by atoms with E-state index in [9.17, 15) is 9.59 Å². The third-order valence-electron chi connectivity index (χ3n) is 2.72. The second-order valence-corrected chi connectivity index (χ2v) is 4.33. The van der Waals surface area contributed by atoms with Gasteiger partial charge in [0.05, 0.1) is 25.0 Å². The molecule has 0 saturated carbocycles. The van der Waals surface area contributed by atoms with Crippen molar-refractivity contribution in [3.8, 4) is 0 Å². The molecule has 20 heavy (non-hydrogen) atoms. The summed E-state index contributed by atoms with van der Waals surface area (Å²) in [6.45, 7) is 5.09. The SMILES string of the molecule is CCOC(=O)CCCCCn1cc(C(=O)OCC)cn1. The van der Waals surface area contributed by atoms with E-state index in [0.717, 1.165) is 25.8 Å². The van der Waals surface area contributed by atoms with Crippen molar-refractivity contribution < 1.29 is 19.1 Å². The topological polar surface area (TPSA) is 70.4 Å². The van der Waals surface area contributed by atoms with E-state index in [1.807, 2.05) is 0 Å². The van der Waals surface area contributed by atoms with Gasteiger partial charge in [-0.2, -0.15) is 5.10 Å². The Kier molecular flexibility index (Phi) is 7.39. The summed E-state index contributed by atoms with van der Waals surface area (Å²) in [4.78, 5) is 22.6. The molecule has 0 aliphatic rings. The van der Waals surface area contributed by atoms with Crippen LogP contribution in [0.25, 0.3) is 0 Å². The molecule has 0 atom stereocenters. The lowest BCUT2D eigenvalue weighted by atomic mass is 10.2. The lowest BCUT2D eigenvalue weighted by Gasteiger charge is -2.02. The molecule has 0 radical (unpaired) electrons. The van der Waals surface area contributed by atoms with E-state index in [1.54, 1.807) is 24.7 Å². The van der Waals surface area contributed by atoms with Crippen molar-refractivity contribution in [1.82, 2.24) is 9.78 Å². The summed E-state index contributed by atoms with van der Waals surface area (Å²) in [5, 5.41) is 4.11. The van der Waals surface area contributed by atoms with Crippen molar-refractivity contribution in [2.45, 2.75) is 46.1 Å². The lowest BCUT2D eigenvalue weighted by molar-refractivity contribution is -0.143. The van der Waals surface area contributed by atoms with Gasteiger partial charge in [-0.25, -0.2) is 4.79 Å². The zero-order valence-electron chi connectivity index (χ0n) is 12.1. The first-order chi connectivity index (χ1) is 9.67. The van der Waals surface area contributed by atoms with Crippen LogP contribution in [0.15, 0.2) is 12.4 Å². The quantitative estimate of drug-likeness (QED) is 0.513. The minimum absolute atomic E-state index is 0.142. The fourth-order valence-electron chi connectivity index (χ4n) is 1.76. The van der Waals surface area contributed by atoms with Gasteiger partial charge in [0.25, 0.3) is 0 Å². The Balaban J connectivity index is 2.19. The molecule has 1 aromatic rings. The molecule has 0 aromatic carbocycles. The standard InChI is InChI=1S/C14H22N2O4/c1-3-19-13(17)8-6-5-7-9-16-11-12(10-15-16)14(18)20-4-2/h10-11H,3-9H2,1-2H3. The average molecular weight is 282 g/mol. The Hall–Kier alpha value is -1.85. The molecule has 0 amide bonds. The van der Waals surface area contributed by atoms with Gasteiger partial charge in [-0.3, -0.25) is 9.48 Å². The summed E-state index contributed by atoms with van der Waals surface area (Å²) in [7, 11) is 0. The van der Waals surface area contributed by atoms with Gasteiger partial charge in [-0.05, 0) is 26.7 Å². The Bertz CT molecular complexity index is 429. The number of nitrogens with zero attached hydrogens (tertiary/aromatic N) is 2. The highest BCUT2D eigenvalue weighted by Crippen LogP contribution is 2.05. The largest absolute Gasteiger partial charge is 0.466 e.